The minimum Gasteiger partial charge on any atom is -0.367 e. The van der Waals surface area contributed by atoms with Gasteiger partial charge in [0.05, 0.1) is 10.2 Å². The minimum atomic E-state index is -0.0535. The third-order valence-electron chi connectivity index (χ3n) is 3.86. The zero-order valence-corrected chi connectivity index (χ0v) is 13.7. The van der Waals surface area contributed by atoms with Gasteiger partial charge in [0.25, 0.3) is 0 Å². The highest BCUT2D eigenvalue weighted by Gasteiger charge is 2.12. The number of aryl methyl sites for hydroxylation is 2. The molecule has 2 aromatic heterocycles. The Kier molecular flexibility index (Phi) is 4.36. The molecule has 0 radical (unpaired) electrons. The third-order valence-corrected chi connectivity index (χ3v) is 4.95. The number of benzene rings is 1. The molecule has 0 saturated heterocycles. The van der Waals surface area contributed by atoms with Gasteiger partial charge in [-0.15, -0.1) is 11.3 Å². The summed E-state index contributed by atoms with van der Waals surface area (Å²) in [5.74, 6) is 0.868. The van der Waals surface area contributed by atoms with E-state index < -0.39 is 0 Å². The maximum absolute atomic E-state index is 6.37. The van der Waals surface area contributed by atoms with Crippen molar-refractivity contribution in [2.24, 2.45) is 5.73 Å². The molecule has 114 valence electrons. The molecular formula is C17H20N4S. The summed E-state index contributed by atoms with van der Waals surface area (Å²) in [6.45, 7) is 4.88. The molecule has 5 heteroatoms. The van der Waals surface area contributed by atoms with Crippen LogP contribution in [0.15, 0.2) is 36.0 Å². The fourth-order valence-corrected chi connectivity index (χ4v) is 3.60. The number of rotatable bonds is 5. The zero-order valence-electron chi connectivity index (χ0n) is 12.8. The molecule has 0 spiro atoms. The van der Waals surface area contributed by atoms with Gasteiger partial charge in [-0.25, -0.2) is 9.97 Å². The Morgan fingerprint density at radius 1 is 1.27 bits per heavy atom. The van der Waals surface area contributed by atoms with Crippen molar-refractivity contribution in [2.45, 2.75) is 26.3 Å². The van der Waals surface area contributed by atoms with Gasteiger partial charge in [-0.05, 0) is 35.4 Å². The molecule has 1 unspecified atom stereocenters. The second-order valence-electron chi connectivity index (χ2n) is 5.36. The Hall–Kier alpha value is -1.98. The van der Waals surface area contributed by atoms with Crippen molar-refractivity contribution in [1.82, 2.24) is 9.97 Å². The van der Waals surface area contributed by atoms with Gasteiger partial charge in [0.15, 0.2) is 0 Å². The summed E-state index contributed by atoms with van der Waals surface area (Å²) in [6, 6.07) is 8.30. The second-order valence-corrected chi connectivity index (χ2v) is 6.24. The van der Waals surface area contributed by atoms with Gasteiger partial charge in [-0.1, -0.05) is 31.2 Å². The van der Waals surface area contributed by atoms with Crippen molar-refractivity contribution >= 4 is 27.4 Å². The van der Waals surface area contributed by atoms with E-state index in [1.165, 1.54) is 16.7 Å². The van der Waals surface area contributed by atoms with Gasteiger partial charge >= 0.3 is 0 Å². The van der Waals surface area contributed by atoms with Gasteiger partial charge in [-0.2, -0.15) is 0 Å². The summed E-state index contributed by atoms with van der Waals surface area (Å²) in [5, 5.41) is 5.49. The standard InChI is InChI=1S/C17H20N4S/c1-3-12-6-4-5-7-13(12)14(18)8-19-17-16-15(20-10-21-17)11(2)9-22-16/h4-7,9-10,14H,3,8,18H2,1-2H3,(H,19,20,21). The smallest absolute Gasteiger partial charge is 0.147 e. The van der Waals surface area contributed by atoms with Crippen molar-refractivity contribution in [1.29, 1.82) is 0 Å². The van der Waals surface area contributed by atoms with Crippen LogP contribution in [0.4, 0.5) is 5.82 Å². The first-order chi connectivity index (χ1) is 10.7. The number of hydrogen-bond acceptors (Lipinski definition) is 5. The van der Waals surface area contributed by atoms with E-state index in [1.807, 2.05) is 6.07 Å². The van der Waals surface area contributed by atoms with E-state index in [0.717, 1.165) is 22.5 Å². The maximum atomic E-state index is 6.37. The highest BCUT2D eigenvalue weighted by Crippen LogP contribution is 2.28. The molecule has 0 aliphatic heterocycles. The van der Waals surface area contributed by atoms with Crippen LogP contribution in [0.3, 0.4) is 0 Å². The summed E-state index contributed by atoms with van der Waals surface area (Å²) in [7, 11) is 0. The van der Waals surface area contributed by atoms with E-state index in [4.69, 9.17) is 5.73 Å². The topological polar surface area (TPSA) is 63.8 Å². The van der Waals surface area contributed by atoms with Crippen molar-refractivity contribution in [3.05, 3.63) is 52.7 Å². The largest absolute Gasteiger partial charge is 0.367 e. The number of nitrogens with two attached hydrogens (primary N) is 1. The lowest BCUT2D eigenvalue weighted by atomic mass is 9.99. The molecule has 4 nitrogen and oxygen atoms in total. The van der Waals surface area contributed by atoms with E-state index in [9.17, 15) is 0 Å². The average molecular weight is 312 g/mol. The summed E-state index contributed by atoms with van der Waals surface area (Å²) in [4.78, 5) is 8.70. The van der Waals surface area contributed by atoms with Crippen LogP contribution >= 0.6 is 11.3 Å². The van der Waals surface area contributed by atoms with Crippen LogP contribution in [0, 0.1) is 6.92 Å². The Balaban J connectivity index is 1.79. The number of nitrogens with one attached hydrogen (secondary N) is 1. The third kappa shape index (κ3) is 2.82. The monoisotopic (exact) mass is 312 g/mol. The van der Waals surface area contributed by atoms with Crippen LogP contribution in [-0.4, -0.2) is 16.5 Å². The Morgan fingerprint density at radius 2 is 2.09 bits per heavy atom. The van der Waals surface area contributed by atoms with E-state index in [1.54, 1.807) is 17.7 Å². The number of aromatic nitrogens is 2. The number of thiophene rings is 1. The lowest BCUT2D eigenvalue weighted by molar-refractivity contribution is 0.750. The number of hydrogen-bond donors (Lipinski definition) is 2. The van der Waals surface area contributed by atoms with E-state index in [-0.39, 0.29) is 6.04 Å². The van der Waals surface area contributed by atoms with Crippen LogP contribution in [0.5, 0.6) is 0 Å². The Bertz CT molecular complexity index is 781. The first kappa shape index (κ1) is 14.9. The minimum absolute atomic E-state index is 0.0535. The van der Waals surface area contributed by atoms with Crippen LogP contribution < -0.4 is 11.1 Å². The zero-order chi connectivity index (χ0) is 15.5. The van der Waals surface area contributed by atoms with Gasteiger partial charge in [-0.3, -0.25) is 0 Å². The van der Waals surface area contributed by atoms with Crippen LogP contribution in [0.25, 0.3) is 10.2 Å². The number of nitrogens with zero attached hydrogens (tertiary/aromatic N) is 2. The lowest BCUT2D eigenvalue weighted by Gasteiger charge is -2.17. The predicted molar refractivity (Wildman–Crippen MR) is 93.4 cm³/mol. The number of fused-ring (bicyclic) bond motifs is 1. The van der Waals surface area contributed by atoms with Crippen LogP contribution in [0.1, 0.15) is 29.7 Å². The maximum Gasteiger partial charge on any atom is 0.147 e. The van der Waals surface area contributed by atoms with Crippen LogP contribution in [0.2, 0.25) is 0 Å². The van der Waals surface area contributed by atoms with E-state index >= 15 is 0 Å². The van der Waals surface area contributed by atoms with Crippen molar-refractivity contribution < 1.29 is 0 Å². The van der Waals surface area contributed by atoms with Crippen LogP contribution in [-0.2, 0) is 6.42 Å². The predicted octanol–water partition coefficient (Wildman–Crippen LogP) is 3.67. The summed E-state index contributed by atoms with van der Waals surface area (Å²) < 4.78 is 1.09. The highest BCUT2D eigenvalue weighted by atomic mass is 32.1. The molecule has 0 saturated carbocycles. The van der Waals surface area contributed by atoms with Crippen molar-refractivity contribution in [3.63, 3.8) is 0 Å². The highest BCUT2D eigenvalue weighted by molar-refractivity contribution is 7.18. The fourth-order valence-electron chi connectivity index (χ4n) is 2.63. The molecule has 0 amide bonds. The van der Waals surface area contributed by atoms with E-state index in [2.05, 4.69) is 52.7 Å². The molecule has 0 aliphatic rings. The number of anilines is 1. The SMILES string of the molecule is CCc1ccccc1C(N)CNc1ncnc2c(C)csc12. The molecule has 22 heavy (non-hydrogen) atoms. The average Bonchev–Trinajstić information content (AvgIpc) is 2.94. The van der Waals surface area contributed by atoms with Crippen molar-refractivity contribution in [2.75, 3.05) is 11.9 Å². The van der Waals surface area contributed by atoms with Crippen molar-refractivity contribution in [3.8, 4) is 0 Å². The Morgan fingerprint density at radius 3 is 2.91 bits per heavy atom. The summed E-state index contributed by atoms with van der Waals surface area (Å²) >= 11 is 1.67. The van der Waals surface area contributed by atoms with Gasteiger partial charge < -0.3 is 11.1 Å². The Labute approximate surface area is 134 Å². The molecule has 3 aromatic rings. The molecule has 0 aliphatic carbocycles. The van der Waals surface area contributed by atoms with Gasteiger partial charge in [0.1, 0.15) is 12.1 Å². The molecular weight excluding hydrogens is 292 g/mol. The normalized spacial score (nSPS) is 12.5. The molecule has 1 atom stereocenters. The lowest BCUT2D eigenvalue weighted by Crippen LogP contribution is -2.22. The molecule has 0 bridgehead atoms. The molecule has 0 fully saturated rings. The van der Waals surface area contributed by atoms with E-state index in [0.29, 0.717) is 6.54 Å². The molecule has 3 rings (SSSR count). The van der Waals surface area contributed by atoms with Gasteiger partial charge in [0, 0.05) is 12.6 Å². The quantitative estimate of drug-likeness (QED) is 0.754. The molecule has 3 N–H and O–H groups in total. The first-order valence-electron chi connectivity index (χ1n) is 7.46. The summed E-state index contributed by atoms with van der Waals surface area (Å²) in [5.41, 5.74) is 11.1. The summed E-state index contributed by atoms with van der Waals surface area (Å²) in [6.07, 6.45) is 2.60. The second kappa shape index (κ2) is 6.42. The van der Waals surface area contributed by atoms with Gasteiger partial charge in [0.2, 0.25) is 0 Å². The molecule has 2 heterocycles. The fraction of sp³-hybridized carbons (Fsp3) is 0.294. The molecule has 1 aromatic carbocycles. The first-order valence-corrected chi connectivity index (χ1v) is 8.34.